The summed E-state index contributed by atoms with van der Waals surface area (Å²) in [5.41, 5.74) is 13.9. The van der Waals surface area contributed by atoms with Gasteiger partial charge in [-0.2, -0.15) is 0 Å². The van der Waals surface area contributed by atoms with Gasteiger partial charge in [0, 0.05) is 44.8 Å². The second-order valence-corrected chi connectivity index (χ2v) is 29.3. The second kappa shape index (κ2) is 16.9. The van der Waals surface area contributed by atoms with E-state index < -0.39 is 0 Å². The van der Waals surface area contributed by atoms with Crippen molar-refractivity contribution in [1.82, 2.24) is 39.9 Å². The minimum atomic E-state index is -0.268. The fourth-order valence-electron chi connectivity index (χ4n) is 10.3. The molecule has 0 radical (unpaired) electrons. The zero-order chi connectivity index (χ0) is 53.2. The molecule has 9 rings (SSSR count). The zero-order valence-electron chi connectivity index (χ0n) is 48.5. The Kier molecular flexibility index (Phi) is 12.5. The first-order valence-corrected chi connectivity index (χ1v) is 26.2. The van der Waals surface area contributed by atoms with Crippen LogP contribution < -0.4 is 9.97 Å². The minimum Gasteiger partial charge on any atom is -0.357 e. The molecule has 0 spiro atoms. The molecular formula is C64H80N8Ni. The van der Waals surface area contributed by atoms with Crippen LogP contribution in [0.2, 0.25) is 0 Å². The van der Waals surface area contributed by atoms with Crippen LogP contribution >= 0.6 is 0 Å². The van der Waals surface area contributed by atoms with Gasteiger partial charge in [0.1, 0.15) is 0 Å². The van der Waals surface area contributed by atoms with E-state index in [1.54, 1.807) is 0 Å². The van der Waals surface area contributed by atoms with Crippen molar-refractivity contribution in [2.24, 2.45) is 0 Å². The first-order chi connectivity index (χ1) is 32.7. The maximum absolute atomic E-state index is 5.67. The molecule has 5 heterocycles. The zero-order valence-corrected chi connectivity index (χ0v) is 49.5. The fourth-order valence-corrected chi connectivity index (χ4v) is 10.3. The molecule has 0 N–H and O–H groups in total. The minimum absolute atomic E-state index is 0. The maximum atomic E-state index is 5.67. The standard InChI is InChI=1S/C64H80N8.Ni/c1-57(2,3)33-25-37-45(41(29-33)61(13,14)15)53-66-49(37)65-50-38-26-34(58(4,5)6)31-43(63(19,20)21)47(38)55(67-50)72-56-48-40(28-36(60(10,11)12)32-44(48)64(22,23)24)52(71-56)70-54-46-39(51(68-53)69-54)27-35(59(7,8)9)30-42(46)62(16,17)18;/h25-32H,1-24H3;/q-2;+2. The van der Waals surface area contributed by atoms with Crippen molar-refractivity contribution in [2.75, 3.05) is 0 Å². The summed E-state index contributed by atoms with van der Waals surface area (Å²) in [6, 6.07) is 18.6. The molecule has 8 nitrogen and oxygen atoms in total. The Morgan fingerprint density at radius 1 is 0.274 bits per heavy atom. The molecule has 0 fully saturated rings. The summed E-state index contributed by atoms with van der Waals surface area (Å²) in [7, 11) is 0. The van der Waals surface area contributed by atoms with Crippen molar-refractivity contribution in [3.05, 3.63) is 93.0 Å². The van der Waals surface area contributed by atoms with Gasteiger partial charge in [-0.1, -0.05) is 190 Å². The predicted octanol–water partition coefficient (Wildman–Crippen LogP) is 16.5. The van der Waals surface area contributed by atoms with Crippen molar-refractivity contribution in [3.63, 3.8) is 0 Å². The molecule has 0 atom stereocenters. The van der Waals surface area contributed by atoms with E-state index in [-0.39, 0.29) is 59.8 Å². The van der Waals surface area contributed by atoms with Crippen LogP contribution in [0.5, 0.6) is 0 Å². The van der Waals surface area contributed by atoms with E-state index in [2.05, 4.69) is 215 Å². The monoisotopic (exact) mass is 1020 g/mol. The Bertz CT molecular complexity index is 3580. The smallest absolute Gasteiger partial charge is 0.357 e. The van der Waals surface area contributed by atoms with Crippen molar-refractivity contribution < 1.29 is 16.5 Å². The van der Waals surface area contributed by atoms with Gasteiger partial charge >= 0.3 is 16.5 Å². The van der Waals surface area contributed by atoms with Crippen molar-refractivity contribution >= 4 is 44.1 Å². The molecule has 3 aromatic heterocycles. The van der Waals surface area contributed by atoms with Crippen LogP contribution in [0.3, 0.4) is 0 Å². The molecular weight excluding hydrogens is 939 g/mol. The Morgan fingerprint density at radius 3 is 0.836 bits per heavy atom. The average molecular weight is 1020 g/mol. The molecule has 9 heteroatoms. The Balaban J connectivity index is 0.00000711. The Hall–Kier alpha value is -5.27. The predicted molar refractivity (Wildman–Crippen MR) is 304 cm³/mol. The molecule has 2 aliphatic heterocycles. The van der Waals surface area contributed by atoms with E-state index in [1.165, 1.54) is 22.3 Å². The molecule has 386 valence electrons. The largest absolute Gasteiger partial charge is 2.00 e. The van der Waals surface area contributed by atoms with Crippen LogP contribution in [0.1, 0.15) is 211 Å². The first-order valence-electron chi connectivity index (χ1n) is 26.2. The van der Waals surface area contributed by atoms with Crippen LogP contribution in [-0.4, -0.2) is 29.9 Å². The molecule has 0 unspecified atom stereocenters. The summed E-state index contributed by atoms with van der Waals surface area (Å²) in [4.78, 5) is 44.7. The van der Waals surface area contributed by atoms with Gasteiger partial charge in [0.15, 0.2) is 0 Å². The number of benzene rings is 4. The SMILES string of the molecule is CC(C)(C)c1cc2c(c(C(C)(C)C)c1)-c1nc-2nc2[n-]c(nc3nc(nc4[n-]c(n1)c1cc(C(C)(C)C)cc(C(C)(C)C)c41)-c1c-3cc(C(C)(C)C)cc1C(C)(C)C)c1cc(C(C)(C)C)cc(C(C)(C)C)c21.[Ni+2]. The van der Waals surface area contributed by atoms with Crippen LogP contribution in [0, 0.1) is 0 Å². The number of hydrogen-bond acceptors (Lipinski definition) is 6. The van der Waals surface area contributed by atoms with Gasteiger partial charge in [0.05, 0.1) is 23.3 Å². The number of aromatic nitrogens is 8. The fraction of sp³-hybridized carbons (Fsp3) is 0.500. The van der Waals surface area contributed by atoms with E-state index in [9.17, 15) is 0 Å². The summed E-state index contributed by atoms with van der Waals surface area (Å²) in [5.74, 6) is 2.32. The third-order valence-electron chi connectivity index (χ3n) is 14.8. The quantitative estimate of drug-likeness (QED) is 0.138. The molecule has 0 saturated carbocycles. The molecule has 73 heavy (non-hydrogen) atoms. The Labute approximate surface area is 446 Å². The molecule has 8 bridgehead atoms. The number of hydrogen-bond donors (Lipinski definition) is 0. The van der Waals surface area contributed by atoms with Gasteiger partial charge in [-0.05, 0) is 134 Å². The summed E-state index contributed by atoms with van der Waals surface area (Å²) in [6.07, 6.45) is 0. The molecule has 2 aliphatic rings. The van der Waals surface area contributed by atoms with Crippen LogP contribution in [-0.2, 0) is 59.8 Å². The maximum Gasteiger partial charge on any atom is 2.00 e. The molecule has 0 aliphatic carbocycles. The van der Waals surface area contributed by atoms with E-state index >= 15 is 0 Å². The van der Waals surface area contributed by atoms with Gasteiger partial charge in [-0.3, -0.25) is 0 Å². The number of nitrogens with zero attached hydrogens (tertiary/aromatic N) is 8. The molecule has 0 saturated heterocycles. The molecule has 4 aromatic carbocycles. The van der Waals surface area contributed by atoms with Crippen molar-refractivity contribution in [3.8, 4) is 45.6 Å². The number of fused-ring (bicyclic) bond motifs is 20. The van der Waals surface area contributed by atoms with E-state index in [1.807, 2.05) is 0 Å². The van der Waals surface area contributed by atoms with Crippen molar-refractivity contribution in [1.29, 1.82) is 0 Å². The Morgan fingerprint density at radius 2 is 0.534 bits per heavy atom. The van der Waals surface area contributed by atoms with Gasteiger partial charge in [-0.25, -0.2) is 9.97 Å². The van der Waals surface area contributed by atoms with Crippen LogP contribution in [0.15, 0.2) is 48.5 Å². The summed E-state index contributed by atoms with van der Waals surface area (Å²) < 4.78 is 0. The van der Waals surface area contributed by atoms with Crippen molar-refractivity contribution in [2.45, 2.75) is 209 Å². The molecule has 7 aromatic rings. The van der Waals surface area contributed by atoms with Gasteiger partial charge in [0.2, 0.25) is 0 Å². The van der Waals surface area contributed by atoms with E-state index in [4.69, 9.17) is 39.9 Å². The van der Waals surface area contributed by atoms with E-state index in [0.29, 0.717) is 45.9 Å². The van der Waals surface area contributed by atoms with Gasteiger partial charge in [-0.15, -0.1) is 0 Å². The average Bonchev–Trinajstić information content (AvgIpc) is 3.95. The second-order valence-electron chi connectivity index (χ2n) is 29.3. The normalized spacial score (nSPS) is 13.9. The third-order valence-corrected chi connectivity index (χ3v) is 14.8. The first kappa shape index (κ1) is 54.0. The van der Waals surface area contributed by atoms with Gasteiger partial charge < -0.3 is 29.9 Å². The van der Waals surface area contributed by atoms with E-state index in [0.717, 1.165) is 66.1 Å². The molecule has 0 amide bonds. The topological polar surface area (TPSA) is 106 Å². The summed E-state index contributed by atoms with van der Waals surface area (Å²) >= 11 is 0. The van der Waals surface area contributed by atoms with Gasteiger partial charge in [0.25, 0.3) is 0 Å². The summed E-state index contributed by atoms with van der Waals surface area (Å²) in [6.45, 7) is 54.6. The van der Waals surface area contributed by atoms with Crippen LogP contribution in [0.25, 0.3) is 89.7 Å². The van der Waals surface area contributed by atoms with Crippen LogP contribution in [0.4, 0.5) is 0 Å². The third kappa shape index (κ3) is 9.59. The number of rotatable bonds is 0. The summed E-state index contributed by atoms with van der Waals surface area (Å²) in [5, 5.41) is 3.83.